The standard InChI is InChI=1S/C20H33N3O/c1-14-10-19(23-12-15(2)24-16(3)13-23)8-9-20(14)22-11-17-4-6-18(21)7-5-17/h8-10,15-18,22H,4-7,11-13,21H2,1-3H3. The van der Waals surface area contributed by atoms with Crippen molar-refractivity contribution in [2.24, 2.45) is 11.7 Å². The molecule has 2 unspecified atom stereocenters. The summed E-state index contributed by atoms with van der Waals surface area (Å²) in [4.78, 5) is 2.44. The Hall–Kier alpha value is -1.26. The van der Waals surface area contributed by atoms with Crippen molar-refractivity contribution in [3.05, 3.63) is 23.8 Å². The molecule has 1 aliphatic carbocycles. The van der Waals surface area contributed by atoms with Crippen LogP contribution in [0.4, 0.5) is 11.4 Å². The molecule has 1 heterocycles. The molecule has 3 rings (SSSR count). The number of ether oxygens (including phenoxy) is 1. The number of benzene rings is 1. The van der Waals surface area contributed by atoms with E-state index in [-0.39, 0.29) is 0 Å². The summed E-state index contributed by atoms with van der Waals surface area (Å²) in [6.07, 6.45) is 5.47. The maximum atomic E-state index is 6.00. The van der Waals surface area contributed by atoms with Crippen LogP contribution in [0.5, 0.6) is 0 Å². The zero-order valence-corrected chi connectivity index (χ0v) is 15.4. The predicted octanol–water partition coefficient (Wildman–Crippen LogP) is 3.54. The van der Waals surface area contributed by atoms with Crippen LogP contribution in [0.3, 0.4) is 0 Å². The average molecular weight is 332 g/mol. The molecular weight excluding hydrogens is 298 g/mol. The van der Waals surface area contributed by atoms with E-state index in [4.69, 9.17) is 10.5 Å². The molecule has 4 heteroatoms. The zero-order chi connectivity index (χ0) is 17.1. The van der Waals surface area contributed by atoms with E-state index in [1.807, 2.05) is 0 Å². The summed E-state index contributed by atoms with van der Waals surface area (Å²) in [6.45, 7) is 9.52. The number of hydrogen-bond donors (Lipinski definition) is 2. The first-order chi connectivity index (χ1) is 11.5. The number of anilines is 2. The van der Waals surface area contributed by atoms with Crippen molar-refractivity contribution in [1.82, 2.24) is 0 Å². The number of hydrogen-bond acceptors (Lipinski definition) is 4. The van der Waals surface area contributed by atoms with Gasteiger partial charge in [0.1, 0.15) is 0 Å². The molecule has 24 heavy (non-hydrogen) atoms. The Kier molecular flexibility index (Phi) is 5.67. The molecule has 1 aromatic carbocycles. The van der Waals surface area contributed by atoms with Gasteiger partial charge in [-0.3, -0.25) is 0 Å². The summed E-state index contributed by atoms with van der Waals surface area (Å²) >= 11 is 0. The van der Waals surface area contributed by atoms with E-state index in [9.17, 15) is 0 Å². The quantitative estimate of drug-likeness (QED) is 0.886. The Labute approximate surface area is 146 Å². The molecule has 0 aromatic heterocycles. The molecule has 3 N–H and O–H groups in total. The van der Waals surface area contributed by atoms with Crippen LogP contribution in [-0.4, -0.2) is 37.9 Å². The third-order valence-corrected chi connectivity index (χ3v) is 5.47. The van der Waals surface area contributed by atoms with Gasteiger partial charge in [0.15, 0.2) is 0 Å². The van der Waals surface area contributed by atoms with E-state index in [0.717, 1.165) is 25.6 Å². The predicted molar refractivity (Wildman–Crippen MR) is 102 cm³/mol. The van der Waals surface area contributed by atoms with E-state index in [2.05, 4.69) is 49.2 Å². The third-order valence-electron chi connectivity index (χ3n) is 5.47. The minimum Gasteiger partial charge on any atom is -0.385 e. The second kappa shape index (κ2) is 7.75. The molecule has 0 amide bonds. The lowest BCUT2D eigenvalue weighted by Crippen LogP contribution is -2.45. The van der Waals surface area contributed by atoms with Crippen LogP contribution in [0.15, 0.2) is 18.2 Å². The van der Waals surface area contributed by atoms with Crippen LogP contribution < -0.4 is 16.0 Å². The van der Waals surface area contributed by atoms with Gasteiger partial charge in [-0.2, -0.15) is 0 Å². The molecule has 0 radical (unpaired) electrons. The maximum Gasteiger partial charge on any atom is 0.0726 e. The zero-order valence-electron chi connectivity index (χ0n) is 15.4. The molecule has 2 aliphatic rings. The fraction of sp³-hybridized carbons (Fsp3) is 0.700. The van der Waals surface area contributed by atoms with E-state index in [1.165, 1.54) is 42.6 Å². The molecule has 2 atom stereocenters. The Balaban J connectivity index is 1.58. The van der Waals surface area contributed by atoms with E-state index in [1.54, 1.807) is 0 Å². The molecule has 1 saturated heterocycles. The van der Waals surface area contributed by atoms with Crippen molar-refractivity contribution in [2.75, 3.05) is 29.9 Å². The minimum absolute atomic E-state index is 0.296. The molecule has 2 fully saturated rings. The van der Waals surface area contributed by atoms with Gasteiger partial charge in [0.25, 0.3) is 0 Å². The van der Waals surface area contributed by atoms with Gasteiger partial charge >= 0.3 is 0 Å². The highest BCUT2D eigenvalue weighted by Crippen LogP contribution is 2.27. The highest BCUT2D eigenvalue weighted by Gasteiger charge is 2.23. The monoisotopic (exact) mass is 331 g/mol. The van der Waals surface area contributed by atoms with Crippen LogP contribution in [0.2, 0.25) is 0 Å². The summed E-state index contributed by atoms with van der Waals surface area (Å²) in [5, 5.41) is 3.66. The first-order valence-electron chi connectivity index (χ1n) is 9.51. The lowest BCUT2D eigenvalue weighted by atomic mass is 9.86. The fourth-order valence-electron chi connectivity index (χ4n) is 4.08. The Morgan fingerprint density at radius 2 is 1.79 bits per heavy atom. The number of aryl methyl sites for hydroxylation is 1. The largest absolute Gasteiger partial charge is 0.385 e. The highest BCUT2D eigenvalue weighted by atomic mass is 16.5. The summed E-state index contributed by atoms with van der Waals surface area (Å²) < 4.78 is 5.84. The first kappa shape index (κ1) is 17.6. The van der Waals surface area contributed by atoms with Gasteiger partial charge in [-0.25, -0.2) is 0 Å². The van der Waals surface area contributed by atoms with Crippen molar-refractivity contribution in [3.63, 3.8) is 0 Å². The van der Waals surface area contributed by atoms with Crippen LogP contribution in [0, 0.1) is 12.8 Å². The molecular formula is C20H33N3O. The second-order valence-corrected chi connectivity index (χ2v) is 7.82. The van der Waals surface area contributed by atoms with Crippen molar-refractivity contribution in [2.45, 2.75) is 64.7 Å². The van der Waals surface area contributed by atoms with Crippen molar-refractivity contribution >= 4 is 11.4 Å². The topological polar surface area (TPSA) is 50.5 Å². The van der Waals surface area contributed by atoms with E-state index >= 15 is 0 Å². The van der Waals surface area contributed by atoms with Gasteiger partial charge < -0.3 is 20.7 Å². The second-order valence-electron chi connectivity index (χ2n) is 7.82. The number of morpholine rings is 1. The number of nitrogens with one attached hydrogen (secondary N) is 1. The van der Waals surface area contributed by atoms with Gasteiger partial charge in [-0.1, -0.05) is 0 Å². The number of nitrogens with zero attached hydrogens (tertiary/aromatic N) is 1. The normalized spacial score (nSPS) is 31.1. The Morgan fingerprint density at radius 1 is 1.12 bits per heavy atom. The summed E-state index contributed by atoms with van der Waals surface area (Å²) in [5.74, 6) is 0.768. The van der Waals surface area contributed by atoms with E-state index < -0.39 is 0 Å². The molecule has 4 nitrogen and oxygen atoms in total. The van der Waals surface area contributed by atoms with Gasteiger partial charge in [0.2, 0.25) is 0 Å². The smallest absolute Gasteiger partial charge is 0.0726 e. The van der Waals surface area contributed by atoms with Crippen molar-refractivity contribution in [3.8, 4) is 0 Å². The summed E-state index contributed by atoms with van der Waals surface area (Å²) in [6, 6.07) is 7.23. The molecule has 134 valence electrons. The molecule has 1 aromatic rings. The van der Waals surface area contributed by atoms with Crippen LogP contribution in [0.25, 0.3) is 0 Å². The van der Waals surface area contributed by atoms with Gasteiger partial charge in [-0.05, 0) is 76.1 Å². The fourth-order valence-corrected chi connectivity index (χ4v) is 4.08. The minimum atomic E-state index is 0.296. The van der Waals surface area contributed by atoms with Crippen molar-refractivity contribution in [1.29, 1.82) is 0 Å². The molecule has 0 bridgehead atoms. The summed E-state index contributed by atoms with van der Waals surface area (Å²) in [5.41, 5.74) is 9.90. The van der Waals surface area contributed by atoms with Crippen LogP contribution in [-0.2, 0) is 4.74 Å². The van der Waals surface area contributed by atoms with Gasteiger partial charge in [-0.15, -0.1) is 0 Å². The van der Waals surface area contributed by atoms with Crippen LogP contribution in [0.1, 0.15) is 45.1 Å². The molecule has 1 saturated carbocycles. The Morgan fingerprint density at radius 3 is 2.42 bits per heavy atom. The van der Waals surface area contributed by atoms with Crippen LogP contribution >= 0.6 is 0 Å². The Bertz CT molecular complexity index is 530. The van der Waals surface area contributed by atoms with Gasteiger partial charge in [0, 0.05) is 37.1 Å². The molecule has 1 aliphatic heterocycles. The number of nitrogens with two attached hydrogens (primary N) is 1. The van der Waals surface area contributed by atoms with Gasteiger partial charge in [0.05, 0.1) is 12.2 Å². The molecule has 0 spiro atoms. The van der Waals surface area contributed by atoms with E-state index in [0.29, 0.717) is 18.2 Å². The average Bonchev–Trinajstić information content (AvgIpc) is 2.54. The SMILES string of the molecule is Cc1cc(N2CC(C)OC(C)C2)ccc1NCC1CCC(N)CC1. The summed E-state index contributed by atoms with van der Waals surface area (Å²) in [7, 11) is 0. The first-order valence-corrected chi connectivity index (χ1v) is 9.51. The lowest BCUT2D eigenvalue weighted by Gasteiger charge is -2.37. The lowest BCUT2D eigenvalue weighted by molar-refractivity contribution is -0.00521. The highest BCUT2D eigenvalue weighted by molar-refractivity contribution is 5.60. The maximum absolute atomic E-state index is 6.00. The third kappa shape index (κ3) is 4.42. The van der Waals surface area contributed by atoms with Crippen molar-refractivity contribution < 1.29 is 4.74 Å². The number of rotatable bonds is 4.